The molecule has 2 rings (SSSR count). The first-order valence-electron chi connectivity index (χ1n) is 5.32. The second-order valence-electron chi connectivity index (χ2n) is 3.85. The molecule has 0 radical (unpaired) electrons. The van der Waals surface area contributed by atoms with Crippen molar-refractivity contribution in [2.24, 2.45) is 0 Å². The molecule has 0 saturated heterocycles. The number of ether oxygens (including phenoxy) is 1. The molecule has 1 aromatic heterocycles. The maximum Gasteiger partial charge on any atom is 0.179 e. The molecule has 1 aromatic carbocycles. The third-order valence-electron chi connectivity index (χ3n) is 2.52. The molecule has 0 atom stereocenters. The summed E-state index contributed by atoms with van der Waals surface area (Å²) in [5.41, 5.74) is 1.47. The van der Waals surface area contributed by atoms with Crippen molar-refractivity contribution in [3.63, 3.8) is 0 Å². The van der Waals surface area contributed by atoms with Gasteiger partial charge in [-0.25, -0.2) is 8.42 Å². The molecule has 1 heterocycles. The summed E-state index contributed by atoms with van der Waals surface area (Å²) in [6.07, 6.45) is 2.83. The maximum absolute atomic E-state index is 11.7. The lowest BCUT2D eigenvalue weighted by molar-refractivity contribution is 0.403. The van der Waals surface area contributed by atoms with E-state index < -0.39 is 9.84 Å². The van der Waals surface area contributed by atoms with Crippen LogP contribution in [0.5, 0.6) is 5.75 Å². The van der Waals surface area contributed by atoms with Crippen LogP contribution < -0.4 is 4.74 Å². The highest BCUT2D eigenvalue weighted by atomic mass is 32.2. The van der Waals surface area contributed by atoms with E-state index >= 15 is 0 Å². The van der Waals surface area contributed by atoms with Gasteiger partial charge in [-0.2, -0.15) is 0 Å². The van der Waals surface area contributed by atoms with E-state index in [1.165, 1.54) is 7.11 Å². The second kappa shape index (κ2) is 4.78. The van der Waals surface area contributed by atoms with Gasteiger partial charge >= 0.3 is 0 Å². The van der Waals surface area contributed by atoms with E-state index in [1.807, 2.05) is 18.2 Å². The van der Waals surface area contributed by atoms with Crippen LogP contribution in [0.2, 0.25) is 0 Å². The first-order chi connectivity index (χ1) is 8.52. The molecule has 4 nitrogen and oxygen atoms in total. The van der Waals surface area contributed by atoms with E-state index in [-0.39, 0.29) is 4.90 Å². The molecular weight excluding hydrogens is 250 g/mol. The van der Waals surface area contributed by atoms with Crippen molar-refractivity contribution < 1.29 is 13.2 Å². The summed E-state index contributed by atoms with van der Waals surface area (Å²) in [6, 6.07) is 10.5. The van der Waals surface area contributed by atoms with Crippen LogP contribution in [-0.2, 0) is 9.84 Å². The first kappa shape index (κ1) is 12.6. The molecule has 5 heteroatoms. The molecule has 0 aliphatic rings. The molecule has 0 aliphatic heterocycles. The molecule has 0 fully saturated rings. The van der Waals surface area contributed by atoms with Crippen molar-refractivity contribution in [3.05, 3.63) is 42.6 Å². The van der Waals surface area contributed by atoms with E-state index in [2.05, 4.69) is 4.98 Å². The molecule has 0 N–H and O–H groups in total. The monoisotopic (exact) mass is 263 g/mol. The SMILES string of the molecule is COc1ccc(-c2ccccn2)cc1S(C)(=O)=O. The zero-order chi connectivity index (χ0) is 13.2. The average molecular weight is 263 g/mol. The second-order valence-corrected chi connectivity index (χ2v) is 5.84. The number of benzene rings is 1. The van der Waals surface area contributed by atoms with Gasteiger partial charge in [-0.3, -0.25) is 4.98 Å². The summed E-state index contributed by atoms with van der Waals surface area (Å²) in [5, 5.41) is 0. The Morgan fingerprint density at radius 3 is 2.50 bits per heavy atom. The Bertz CT molecular complexity index is 651. The minimum Gasteiger partial charge on any atom is -0.495 e. The van der Waals surface area contributed by atoms with Gasteiger partial charge in [-0.1, -0.05) is 6.07 Å². The molecule has 2 aromatic rings. The highest BCUT2D eigenvalue weighted by Gasteiger charge is 2.15. The molecular formula is C13H13NO3S. The maximum atomic E-state index is 11.7. The minimum absolute atomic E-state index is 0.174. The molecule has 0 unspecified atom stereocenters. The highest BCUT2D eigenvalue weighted by Crippen LogP contribution is 2.28. The molecule has 0 spiro atoms. The Labute approximate surface area is 106 Å². The number of sulfone groups is 1. The van der Waals surface area contributed by atoms with E-state index in [1.54, 1.807) is 24.4 Å². The zero-order valence-corrected chi connectivity index (χ0v) is 10.9. The van der Waals surface area contributed by atoms with Crippen LogP contribution in [-0.4, -0.2) is 26.8 Å². The third-order valence-corrected chi connectivity index (χ3v) is 3.64. The molecule has 0 bridgehead atoms. The van der Waals surface area contributed by atoms with Gasteiger partial charge in [0.25, 0.3) is 0 Å². The predicted molar refractivity (Wildman–Crippen MR) is 69.3 cm³/mol. The number of nitrogens with zero attached hydrogens (tertiary/aromatic N) is 1. The number of pyridine rings is 1. The van der Waals surface area contributed by atoms with Crippen molar-refractivity contribution >= 4 is 9.84 Å². The predicted octanol–water partition coefficient (Wildman–Crippen LogP) is 2.16. The number of hydrogen-bond acceptors (Lipinski definition) is 4. The summed E-state index contributed by atoms with van der Waals surface area (Å²) >= 11 is 0. The molecule has 18 heavy (non-hydrogen) atoms. The van der Waals surface area contributed by atoms with Gasteiger partial charge in [0.2, 0.25) is 0 Å². The Morgan fingerprint density at radius 2 is 1.94 bits per heavy atom. The van der Waals surface area contributed by atoms with Crippen LogP contribution in [0.1, 0.15) is 0 Å². The Kier molecular flexibility index (Phi) is 3.34. The van der Waals surface area contributed by atoms with E-state index in [0.29, 0.717) is 5.75 Å². The summed E-state index contributed by atoms with van der Waals surface area (Å²) in [4.78, 5) is 4.37. The number of rotatable bonds is 3. The number of aromatic nitrogens is 1. The summed E-state index contributed by atoms with van der Waals surface area (Å²) in [7, 11) is -1.88. The van der Waals surface area contributed by atoms with Gasteiger partial charge in [-0.15, -0.1) is 0 Å². The van der Waals surface area contributed by atoms with Crippen molar-refractivity contribution in [1.29, 1.82) is 0 Å². The van der Waals surface area contributed by atoms with Crippen molar-refractivity contribution in [3.8, 4) is 17.0 Å². The lowest BCUT2D eigenvalue weighted by atomic mass is 10.1. The fourth-order valence-electron chi connectivity index (χ4n) is 1.66. The van der Waals surface area contributed by atoms with E-state index in [9.17, 15) is 8.42 Å². The summed E-state index contributed by atoms with van der Waals surface area (Å²) in [6.45, 7) is 0. The van der Waals surface area contributed by atoms with Crippen molar-refractivity contribution in [1.82, 2.24) is 4.98 Å². The van der Waals surface area contributed by atoms with Crippen molar-refractivity contribution in [2.45, 2.75) is 4.90 Å². The fourth-order valence-corrected chi connectivity index (χ4v) is 2.52. The van der Waals surface area contributed by atoms with Crippen LogP contribution in [0.15, 0.2) is 47.5 Å². The average Bonchev–Trinajstić information content (AvgIpc) is 2.38. The number of hydrogen-bond donors (Lipinski definition) is 0. The van der Waals surface area contributed by atoms with Crippen LogP contribution in [0, 0.1) is 0 Å². The first-order valence-corrected chi connectivity index (χ1v) is 7.21. The number of methoxy groups -OCH3 is 1. The summed E-state index contributed by atoms with van der Waals surface area (Å²) < 4.78 is 28.5. The van der Waals surface area contributed by atoms with Crippen molar-refractivity contribution in [2.75, 3.05) is 13.4 Å². The largest absolute Gasteiger partial charge is 0.495 e. The van der Waals surface area contributed by atoms with Crippen LogP contribution in [0.25, 0.3) is 11.3 Å². The van der Waals surface area contributed by atoms with Gasteiger partial charge < -0.3 is 4.74 Å². The van der Waals surface area contributed by atoms with Gasteiger partial charge in [0.05, 0.1) is 12.8 Å². The van der Waals surface area contributed by atoms with Gasteiger partial charge in [0, 0.05) is 18.0 Å². The lowest BCUT2D eigenvalue weighted by Gasteiger charge is -2.09. The Hall–Kier alpha value is -1.88. The molecule has 0 aliphatic carbocycles. The standard InChI is InChI=1S/C13H13NO3S/c1-17-12-7-6-10(9-13(12)18(2,15)16)11-5-3-4-8-14-11/h3-9H,1-2H3. The Balaban J connectivity index is 2.61. The summed E-state index contributed by atoms with van der Waals surface area (Å²) in [5.74, 6) is 0.345. The molecule has 0 saturated carbocycles. The van der Waals surface area contributed by atoms with Gasteiger partial charge in [0.1, 0.15) is 10.6 Å². The van der Waals surface area contributed by atoms with Crippen LogP contribution in [0.4, 0.5) is 0 Å². The minimum atomic E-state index is -3.33. The normalized spacial score (nSPS) is 11.2. The Morgan fingerprint density at radius 1 is 1.17 bits per heavy atom. The lowest BCUT2D eigenvalue weighted by Crippen LogP contribution is -2.01. The topological polar surface area (TPSA) is 56.3 Å². The van der Waals surface area contributed by atoms with E-state index in [0.717, 1.165) is 17.5 Å². The van der Waals surface area contributed by atoms with Crippen LogP contribution in [0.3, 0.4) is 0 Å². The van der Waals surface area contributed by atoms with Gasteiger partial charge in [-0.05, 0) is 30.3 Å². The zero-order valence-electron chi connectivity index (χ0n) is 10.1. The van der Waals surface area contributed by atoms with Crippen LogP contribution >= 0.6 is 0 Å². The molecule has 94 valence electrons. The van der Waals surface area contributed by atoms with Gasteiger partial charge in [0.15, 0.2) is 9.84 Å². The third kappa shape index (κ3) is 2.51. The quantitative estimate of drug-likeness (QED) is 0.851. The fraction of sp³-hybridized carbons (Fsp3) is 0.154. The highest BCUT2D eigenvalue weighted by molar-refractivity contribution is 7.90. The smallest absolute Gasteiger partial charge is 0.179 e. The van der Waals surface area contributed by atoms with E-state index in [4.69, 9.17) is 4.74 Å². The molecule has 0 amide bonds.